The van der Waals surface area contributed by atoms with Crippen LogP contribution in [0.1, 0.15) is 20.3 Å². The van der Waals surface area contributed by atoms with Crippen molar-refractivity contribution in [3.05, 3.63) is 24.3 Å². The van der Waals surface area contributed by atoms with Crippen LogP contribution in [0.15, 0.2) is 24.3 Å². The van der Waals surface area contributed by atoms with Gasteiger partial charge in [-0.05, 0) is 37.6 Å². The zero-order valence-electron chi connectivity index (χ0n) is 12.0. The van der Waals surface area contributed by atoms with E-state index in [0.717, 1.165) is 5.75 Å². The standard InChI is InChI=1S/C15H21NO4/c1-3-15(18)10-16(11-15)9-14(17)20-13-7-5-12(6-8-13)19-4-2/h5-8,18H,3-4,9-11H2,1-2H3. The van der Waals surface area contributed by atoms with Crippen LogP contribution in [-0.2, 0) is 4.79 Å². The number of ether oxygens (including phenoxy) is 2. The first-order valence-corrected chi connectivity index (χ1v) is 6.93. The van der Waals surface area contributed by atoms with Gasteiger partial charge >= 0.3 is 5.97 Å². The molecule has 1 saturated heterocycles. The molecular weight excluding hydrogens is 258 g/mol. The fourth-order valence-electron chi connectivity index (χ4n) is 2.24. The van der Waals surface area contributed by atoms with E-state index in [1.54, 1.807) is 24.3 Å². The van der Waals surface area contributed by atoms with E-state index in [4.69, 9.17) is 9.47 Å². The molecule has 0 radical (unpaired) electrons. The van der Waals surface area contributed by atoms with E-state index in [1.165, 1.54) is 0 Å². The van der Waals surface area contributed by atoms with E-state index >= 15 is 0 Å². The lowest BCUT2D eigenvalue weighted by molar-refractivity contribution is -0.145. The molecule has 1 aromatic rings. The molecule has 1 fully saturated rings. The first-order valence-electron chi connectivity index (χ1n) is 6.93. The Hall–Kier alpha value is -1.59. The van der Waals surface area contributed by atoms with Crippen LogP contribution in [-0.4, -0.2) is 47.8 Å². The van der Waals surface area contributed by atoms with Gasteiger partial charge in [0.05, 0.1) is 18.8 Å². The van der Waals surface area contributed by atoms with Crippen LogP contribution in [0.25, 0.3) is 0 Å². The highest BCUT2D eigenvalue weighted by molar-refractivity contribution is 5.74. The van der Waals surface area contributed by atoms with Gasteiger partial charge in [0.1, 0.15) is 11.5 Å². The topological polar surface area (TPSA) is 59.0 Å². The summed E-state index contributed by atoms with van der Waals surface area (Å²) < 4.78 is 10.6. The van der Waals surface area contributed by atoms with Crippen molar-refractivity contribution in [3.63, 3.8) is 0 Å². The molecule has 1 aliphatic rings. The lowest BCUT2D eigenvalue weighted by Gasteiger charge is -2.45. The monoisotopic (exact) mass is 279 g/mol. The minimum Gasteiger partial charge on any atom is -0.494 e. The molecule has 0 spiro atoms. The molecule has 20 heavy (non-hydrogen) atoms. The van der Waals surface area contributed by atoms with Crippen molar-refractivity contribution in [3.8, 4) is 11.5 Å². The first-order chi connectivity index (χ1) is 9.54. The van der Waals surface area contributed by atoms with Gasteiger partial charge in [-0.2, -0.15) is 0 Å². The maximum Gasteiger partial charge on any atom is 0.325 e. The third-order valence-corrected chi connectivity index (χ3v) is 3.41. The predicted octanol–water partition coefficient (Wildman–Crippen LogP) is 1.45. The molecular formula is C15H21NO4. The van der Waals surface area contributed by atoms with Crippen LogP contribution in [0.2, 0.25) is 0 Å². The van der Waals surface area contributed by atoms with Crippen molar-refractivity contribution >= 4 is 5.97 Å². The molecule has 0 aromatic heterocycles. The summed E-state index contributed by atoms with van der Waals surface area (Å²) in [6.07, 6.45) is 0.706. The Kier molecular flexibility index (Phi) is 4.62. The minimum absolute atomic E-state index is 0.204. The Morgan fingerprint density at radius 3 is 2.40 bits per heavy atom. The number of carbonyl (C=O) groups is 1. The molecule has 0 amide bonds. The number of nitrogens with zero attached hydrogens (tertiary/aromatic N) is 1. The predicted molar refractivity (Wildman–Crippen MR) is 74.9 cm³/mol. The summed E-state index contributed by atoms with van der Waals surface area (Å²) in [5.74, 6) is 0.945. The maximum atomic E-state index is 11.7. The number of likely N-dealkylation sites (tertiary alicyclic amines) is 1. The van der Waals surface area contributed by atoms with Crippen LogP contribution in [0.4, 0.5) is 0 Å². The quantitative estimate of drug-likeness (QED) is 0.631. The van der Waals surface area contributed by atoms with Crippen LogP contribution in [0, 0.1) is 0 Å². The number of carbonyl (C=O) groups excluding carboxylic acids is 1. The fraction of sp³-hybridized carbons (Fsp3) is 0.533. The number of rotatable bonds is 6. The lowest BCUT2D eigenvalue weighted by atomic mass is 9.91. The van der Waals surface area contributed by atoms with Gasteiger partial charge in [-0.15, -0.1) is 0 Å². The Labute approximate surface area is 119 Å². The number of aliphatic hydroxyl groups is 1. The number of hydrogen-bond acceptors (Lipinski definition) is 5. The maximum absolute atomic E-state index is 11.7. The third-order valence-electron chi connectivity index (χ3n) is 3.41. The van der Waals surface area contributed by atoms with Crippen LogP contribution >= 0.6 is 0 Å². The highest BCUT2D eigenvalue weighted by atomic mass is 16.5. The first kappa shape index (κ1) is 14.8. The Morgan fingerprint density at radius 1 is 1.25 bits per heavy atom. The molecule has 110 valence electrons. The summed E-state index contributed by atoms with van der Waals surface area (Å²) in [6, 6.07) is 6.96. The number of hydrogen-bond donors (Lipinski definition) is 1. The van der Waals surface area contributed by atoms with Gasteiger partial charge in [-0.1, -0.05) is 6.92 Å². The zero-order chi connectivity index (χ0) is 14.6. The Balaban J connectivity index is 1.77. The van der Waals surface area contributed by atoms with Crippen molar-refractivity contribution in [2.75, 3.05) is 26.2 Å². The lowest BCUT2D eigenvalue weighted by Crippen LogP contribution is -2.62. The summed E-state index contributed by atoms with van der Waals surface area (Å²) in [4.78, 5) is 13.6. The molecule has 1 heterocycles. The van der Waals surface area contributed by atoms with Crippen molar-refractivity contribution < 1.29 is 19.4 Å². The van der Waals surface area contributed by atoms with E-state index in [-0.39, 0.29) is 12.5 Å². The van der Waals surface area contributed by atoms with Gasteiger partial charge < -0.3 is 14.6 Å². The Morgan fingerprint density at radius 2 is 1.85 bits per heavy atom. The molecule has 1 aliphatic heterocycles. The summed E-state index contributed by atoms with van der Waals surface area (Å²) in [5, 5.41) is 9.87. The third kappa shape index (κ3) is 3.71. The van der Waals surface area contributed by atoms with Crippen molar-refractivity contribution in [2.45, 2.75) is 25.9 Å². The second-order valence-electron chi connectivity index (χ2n) is 5.10. The minimum atomic E-state index is -0.626. The van der Waals surface area contributed by atoms with Crippen LogP contribution < -0.4 is 9.47 Å². The molecule has 0 unspecified atom stereocenters. The number of benzene rings is 1. The second-order valence-corrected chi connectivity index (χ2v) is 5.10. The zero-order valence-corrected chi connectivity index (χ0v) is 12.0. The Bertz CT molecular complexity index is 451. The number of β-amino-alcohol motifs (C(OH)–C–C–N with tert-alkyl or cyclic N) is 1. The largest absolute Gasteiger partial charge is 0.494 e. The fourth-order valence-corrected chi connectivity index (χ4v) is 2.24. The molecule has 0 atom stereocenters. The number of esters is 1. The molecule has 0 saturated carbocycles. The van der Waals surface area contributed by atoms with E-state index in [2.05, 4.69) is 0 Å². The SMILES string of the molecule is CCOc1ccc(OC(=O)CN2CC(O)(CC)C2)cc1. The van der Waals surface area contributed by atoms with Gasteiger partial charge in [0.2, 0.25) is 0 Å². The molecule has 5 nitrogen and oxygen atoms in total. The summed E-state index contributed by atoms with van der Waals surface area (Å²) in [7, 11) is 0. The van der Waals surface area contributed by atoms with Crippen LogP contribution in [0.3, 0.4) is 0 Å². The second kappa shape index (κ2) is 6.24. The molecule has 2 rings (SSSR count). The summed E-state index contributed by atoms with van der Waals surface area (Å²) in [6.45, 7) is 5.72. The van der Waals surface area contributed by atoms with Crippen molar-refractivity contribution in [1.29, 1.82) is 0 Å². The van der Waals surface area contributed by atoms with Gasteiger partial charge in [-0.3, -0.25) is 9.69 Å². The average Bonchev–Trinajstić information content (AvgIpc) is 2.39. The molecule has 1 aromatic carbocycles. The summed E-state index contributed by atoms with van der Waals surface area (Å²) >= 11 is 0. The van der Waals surface area contributed by atoms with Gasteiger partial charge in [0.15, 0.2) is 0 Å². The van der Waals surface area contributed by atoms with E-state index < -0.39 is 5.60 Å². The van der Waals surface area contributed by atoms with Gasteiger partial charge in [0, 0.05) is 13.1 Å². The van der Waals surface area contributed by atoms with Gasteiger partial charge in [0.25, 0.3) is 0 Å². The smallest absolute Gasteiger partial charge is 0.325 e. The molecule has 0 bridgehead atoms. The highest BCUT2D eigenvalue weighted by Crippen LogP contribution is 2.24. The summed E-state index contributed by atoms with van der Waals surface area (Å²) in [5.41, 5.74) is -0.626. The van der Waals surface area contributed by atoms with Crippen LogP contribution in [0.5, 0.6) is 11.5 Å². The van der Waals surface area contributed by atoms with E-state index in [1.807, 2.05) is 18.7 Å². The normalized spacial score (nSPS) is 17.4. The molecule has 5 heteroatoms. The highest BCUT2D eigenvalue weighted by Gasteiger charge is 2.40. The molecule has 0 aliphatic carbocycles. The van der Waals surface area contributed by atoms with Gasteiger partial charge in [-0.25, -0.2) is 0 Å². The average molecular weight is 279 g/mol. The molecule has 1 N–H and O–H groups in total. The van der Waals surface area contributed by atoms with Crippen molar-refractivity contribution in [2.24, 2.45) is 0 Å². The van der Waals surface area contributed by atoms with E-state index in [9.17, 15) is 9.90 Å². The van der Waals surface area contributed by atoms with Crippen molar-refractivity contribution in [1.82, 2.24) is 4.90 Å². The van der Waals surface area contributed by atoms with E-state index in [0.29, 0.717) is 31.9 Å².